The molecular weight excluding hydrogens is 468 g/mol. The molecule has 2 aliphatic carbocycles. The Hall–Kier alpha value is -1.75. The van der Waals surface area contributed by atoms with Crippen molar-refractivity contribution in [1.82, 2.24) is 14.8 Å². The number of piperazine rings is 1. The number of nitrogens with zero attached hydrogens (tertiary/aromatic N) is 3. The van der Waals surface area contributed by atoms with Gasteiger partial charge in [-0.25, -0.2) is 9.17 Å². The van der Waals surface area contributed by atoms with E-state index in [0.29, 0.717) is 32.0 Å². The molecule has 3 aliphatic rings. The Balaban J connectivity index is 1.36. The van der Waals surface area contributed by atoms with Gasteiger partial charge in [-0.1, -0.05) is 24.4 Å². The normalized spacial score (nSPS) is 27.5. The van der Waals surface area contributed by atoms with Crippen LogP contribution >= 0.6 is 11.6 Å². The van der Waals surface area contributed by atoms with Gasteiger partial charge in [0.15, 0.2) is 5.60 Å². The van der Waals surface area contributed by atoms with Crippen LogP contribution in [0.15, 0.2) is 23.2 Å². The lowest BCUT2D eigenvalue weighted by Gasteiger charge is -2.41. The van der Waals surface area contributed by atoms with Crippen molar-refractivity contribution in [1.29, 1.82) is 0 Å². The molecule has 2 heterocycles. The van der Waals surface area contributed by atoms with Gasteiger partial charge in [0.25, 0.3) is 16.0 Å². The van der Waals surface area contributed by atoms with Crippen LogP contribution in [-0.2, 0) is 23.9 Å². The predicted octanol–water partition coefficient (Wildman–Crippen LogP) is 1.94. The summed E-state index contributed by atoms with van der Waals surface area (Å²) in [5.74, 6) is -1.04. The smallest absolute Gasteiger partial charge is 0.299 e. The van der Waals surface area contributed by atoms with E-state index in [9.17, 15) is 18.0 Å². The third-order valence-electron chi connectivity index (χ3n) is 7.32. The lowest BCUT2D eigenvalue weighted by Crippen LogP contribution is -2.54. The van der Waals surface area contributed by atoms with E-state index in [-0.39, 0.29) is 34.7 Å². The highest BCUT2D eigenvalue weighted by atomic mass is 35.5. The molecule has 3 fully saturated rings. The maximum absolute atomic E-state index is 13.1. The summed E-state index contributed by atoms with van der Waals surface area (Å²) < 4.78 is 30.8. The van der Waals surface area contributed by atoms with Gasteiger partial charge in [0.1, 0.15) is 10.0 Å². The van der Waals surface area contributed by atoms with Crippen molar-refractivity contribution in [3.8, 4) is 0 Å². The van der Waals surface area contributed by atoms with Crippen molar-refractivity contribution in [3.05, 3.63) is 23.5 Å². The maximum atomic E-state index is 13.1. The molecular formula is C22H31ClN4O5S. The van der Waals surface area contributed by atoms with Gasteiger partial charge in [0.05, 0.1) is 0 Å². The standard InChI is InChI=1S/C22H31ClN4O5S/c23-19-6-5-18(15-25-19)33(30,31)32-22(21(24)29)9-7-16(8-10-22)20(28)27-13-11-26(12-14-27)17-3-1-2-4-17/h5-6,15-17H,1-4,7-14H2,(H2,24,29). The number of aromatic nitrogens is 1. The summed E-state index contributed by atoms with van der Waals surface area (Å²) in [4.78, 5) is 33.4. The van der Waals surface area contributed by atoms with Crippen molar-refractivity contribution in [2.24, 2.45) is 11.7 Å². The third kappa shape index (κ3) is 5.34. The SMILES string of the molecule is NC(=O)C1(OS(=O)(=O)c2ccc(Cl)nc2)CCC(C(=O)N2CCN(C3CCCC3)CC2)CC1. The lowest BCUT2D eigenvalue weighted by molar-refractivity contribution is -0.145. The average Bonchev–Trinajstić information content (AvgIpc) is 3.34. The topological polar surface area (TPSA) is 123 Å². The lowest BCUT2D eigenvalue weighted by atomic mass is 9.78. The predicted molar refractivity (Wildman–Crippen MR) is 122 cm³/mol. The maximum Gasteiger partial charge on any atom is 0.299 e. The molecule has 0 atom stereocenters. The number of halogens is 1. The van der Waals surface area contributed by atoms with Crippen LogP contribution in [0.4, 0.5) is 0 Å². The molecule has 1 saturated heterocycles. The fourth-order valence-electron chi connectivity index (χ4n) is 5.31. The number of hydrogen-bond acceptors (Lipinski definition) is 7. The number of primary amides is 1. The zero-order valence-electron chi connectivity index (χ0n) is 18.6. The summed E-state index contributed by atoms with van der Waals surface area (Å²) in [6, 6.07) is 3.25. The highest BCUT2D eigenvalue weighted by molar-refractivity contribution is 7.86. The molecule has 0 bridgehead atoms. The highest BCUT2D eigenvalue weighted by Gasteiger charge is 2.47. The second-order valence-electron chi connectivity index (χ2n) is 9.29. The van der Waals surface area contributed by atoms with E-state index in [2.05, 4.69) is 9.88 Å². The van der Waals surface area contributed by atoms with Gasteiger partial charge in [-0.2, -0.15) is 8.42 Å². The number of hydrogen-bond donors (Lipinski definition) is 1. The van der Waals surface area contributed by atoms with Gasteiger partial charge in [-0.3, -0.25) is 14.5 Å². The number of pyridine rings is 1. The Bertz CT molecular complexity index is 965. The van der Waals surface area contributed by atoms with Crippen LogP contribution < -0.4 is 5.73 Å². The Labute approximate surface area is 199 Å². The van der Waals surface area contributed by atoms with Crippen LogP contribution in [0, 0.1) is 5.92 Å². The van der Waals surface area contributed by atoms with Gasteiger partial charge in [0.2, 0.25) is 5.91 Å². The molecule has 2 amide bonds. The minimum absolute atomic E-state index is 0.0705. The zero-order chi connectivity index (χ0) is 23.6. The molecule has 2 saturated carbocycles. The largest absolute Gasteiger partial charge is 0.367 e. The van der Waals surface area contributed by atoms with E-state index in [1.54, 1.807) is 0 Å². The minimum atomic E-state index is -4.28. The third-order valence-corrected chi connectivity index (χ3v) is 8.90. The number of carbonyl (C=O) groups excluding carboxylic acids is 2. The molecule has 0 radical (unpaired) electrons. The summed E-state index contributed by atoms with van der Waals surface area (Å²) in [6.07, 6.45) is 6.99. The Kier molecular flexibility index (Phi) is 7.28. The van der Waals surface area contributed by atoms with Crippen molar-refractivity contribution in [2.45, 2.75) is 67.9 Å². The van der Waals surface area contributed by atoms with E-state index in [0.717, 1.165) is 19.3 Å². The summed E-state index contributed by atoms with van der Waals surface area (Å²) >= 11 is 5.72. The van der Waals surface area contributed by atoms with Crippen LogP contribution in [0.1, 0.15) is 51.4 Å². The van der Waals surface area contributed by atoms with E-state index in [1.165, 1.54) is 37.8 Å². The van der Waals surface area contributed by atoms with Crippen LogP contribution in [-0.4, -0.2) is 72.8 Å². The molecule has 2 N–H and O–H groups in total. The Morgan fingerprint density at radius 1 is 1.06 bits per heavy atom. The molecule has 4 rings (SSSR count). The first-order chi connectivity index (χ1) is 15.7. The molecule has 0 aromatic carbocycles. The van der Waals surface area contributed by atoms with Gasteiger partial charge in [-0.15, -0.1) is 0 Å². The van der Waals surface area contributed by atoms with Crippen molar-refractivity contribution < 1.29 is 22.2 Å². The Morgan fingerprint density at radius 3 is 2.24 bits per heavy atom. The van der Waals surface area contributed by atoms with E-state index in [4.69, 9.17) is 21.5 Å². The van der Waals surface area contributed by atoms with E-state index < -0.39 is 21.6 Å². The second-order valence-corrected chi connectivity index (χ2v) is 11.2. The molecule has 1 aromatic heterocycles. The van der Waals surface area contributed by atoms with Gasteiger partial charge < -0.3 is 10.6 Å². The average molecular weight is 499 g/mol. The molecule has 1 aromatic rings. The number of carbonyl (C=O) groups is 2. The van der Waals surface area contributed by atoms with Gasteiger partial charge >= 0.3 is 0 Å². The zero-order valence-corrected chi connectivity index (χ0v) is 20.2. The summed E-state index contributed by atoms with van der Waals surface area (Å²) in [6.45, 7) is 3.21. The summed E-state index contributed by atoms with van der Waals surface area (Å²) in [5, 5.41) is 0.140. The number of rotatable bonds is 6. The van der Waals surface area contributed by atoms with Crippen LogP contribution in [0.25, 0.3) is 0 Å². The quantitative estimate of drug-likeness (QED) is 0.469. The van der Waals surface area contributed by atoms with Crippen LogP contribution in [0.5, 0.6) is 0 Å². The fourth-order valence-corrected chi connectivity index (χ4v) is 6.60. The van der Waals surface area contributed by atoms with Crippen LogP contribution in [0.3, 0.4) is 0 Å². The molecule has 0 unspecified atom stereocenters. The first-order valence-corrected chi connectivity index (χ1v) is 13.4. The number of amides is 2. The Morgan fingerprint density at radius 2 is 1.70 bits per heavy atom. The molecule has 182 valence electrons. The van der Waals surface area contributed by atoms with Crippen molar-refractivity contribution in [2.75, 3.05) is 26.2 Å². The first-order valence-electron chi connectivity index (χ1n) is 11.6. The van der Waals surface area contributed by atoms with Crippen molar-refractivity contribution >= 4 is 33.5 Å². The van der Waals surface area contributed by atoms with Gasteiger partial charge in [0, 0.05) is 44.3 Å². The van der Waals surface area contributed by atoms with Crippen molar-refractivity contribution in [3.63, 3.8) is 0 Å². The number of nitrogens with two attached hydrogens (primary N) is 1. The first kappa shape index (κ1) is 24.4. The second kappa shape index (κ2) is 9.85. The van der Waals surface area contributed by atoms with Gasteiger partial charge in [-0.05, 0) is 50.7 Å². The molecule has 1 aliphatic heterocycles. The van der Waals surface area contributed by atoms with E-state index in [1.807, 2.05) is 4.90 Å². The molecule has 9 nitrogen and oxygen atoms in total. The summed E-state index contributed by atoms with van der Waals surface area (Å²) in [5.41, 5.74) is 3.91. The highest BCUT2D eigenvalue weighted by Crippen LogP contribution is 2.38. The molecule has 33 heavy (non-hydrogen) atoms. The monoisotopic (exact) mass is 498 g/mol. The summed E-state index contributed by atoms with van der Waals surface area (Å²) in [7, 11) is -4.28. The molecule has 0 spiro atoms. The molecule has 11 heteroatoms. The van der Waals surface area contributed by atoms with E-state index >= 15 is 0 Å². The fraction of sp³-hybridized carbons (Fsp3) is 0.682. The minimum Gasteiger partial charge on any atom is -0.367 e. The van der Waals surface area contributed by atoms with Crippen LogP contribution in [0.2, 0.25) is 5.15 Å².